The van der Waals surface area contributed by atoms with E-state index in [4.69, 9.17) is 15.2 Å². The molecule has 0 bridgehead atoms. The van der Waals surface area contributed by atoms with Crippen molar-refractivity contribution in [2.24, 2.45) is 0 Å². The lowest BCUT2D eigenvalue weighted by Crippen LogP contribution is -2.42. The van der Waals surface area contributed by atoms with E-state index in [9.17, 15) is 24.3 Å². The fraction of sp³-hybridized carbons (Fsp3) is 0.545. The van der Waals surface area contributed by atoms with Crippen molar-refractivity contribution in [3.05, 3.63) is 29.8 Å². The first-order chi connectivity index (χ1) is 15.8. The van der Waals surface area contributed by atoms with Gasteiger partial charge in [-0.2, -0.15) is 0 Å². The lowest BCUT2D eigenvalue weighted by Gasteiger charge is -2.15. The summed E-state index contributed by atoms with van der Waals surface area (Å²) in [6, 6.07) is 5.50. The molecule has 0 fully saturated rings. The fourth-order valence-corrected chi connectivity index (χ4v) is 2.68. The van der Waals surface area contributed by atoms with Crippen LogP contribution >= 0.6 is 0 Å². The number of aliphatic carboxylic acids is 1. The molecule has 0 radical (unpaired) electrons. The summed E-state index contributed by atoms with van der Waals surface area (Å²) in [6.07, 6.45) is 1.71. The van der Waals surface area contributed by atoms with Gasteiger partial charge in [0.15, 0.2) is 0 Å². The van der Waals surface area contributed by atoms with Crippen molar-refractivity contribution >= 4 is 29.4 Å². The number of nitrogen functional groups attached to an aromatic ring is 1. The average molecular weight is 467 g/mol. The third kappa shape index (κ3) is 13.1. The molecule has 1 unspecified atom stereocenters. The lowest BCUT2D eigenvalue weighted by atomic mass is 10.1. The molecule has 1 aromatic carbocycles. The Morgan fingerprint density at radius 1 is 0.939 bits per heavy atom. The Morgan fingerprint density at radius 3 is 2.30 bits per heavy atom. The Bertz CT molecular complexity index is 756. The molecule has 11 nitrogen and oxygen atoms in total. The topological polar surface area (TPSA) is 169 Å². The van der Waals surface area contributed by atoms with E-state index in [0.717, 1.165) is 0 Å². The summed E-state index contributed by atoms with van der Waals surface area (Å²) in [5, 5.41) is 17.1. The highest BCUT2D eigenvalue weighted by atomic mass is 16.5. The quantitative estimate of drug-likeness (QED) is 0.161. The minimum absolute atomic E-state index is 0.0533. The molecular formula is C22H34N4O7. The Balaban J connectivity index is 2.13. The smallest absolute Gasteiger partial charge is 0.326 e. The largest absolute Gasteiger partial charge is 0.480 e. The van der Waals surface area contributed by atoms with E-state index in [2.05, 4.69) is 16.0 Å². The molecule has 6 N–H and O–H groups in total. The molecular weight excluding hydrogens is 432 g/mol. The van der Waals surface area contributed by atoms with Gasteiger partial charge in [-0.15, -0.1) is 0 Å². The van der Waals surface area contributed by atoms with Crippen LogP contribution in [0, 0.1) is 0 Å². The van der Waals surface area contributed by atoms with Crippen molar-refractivity contribution in [3.63, 3.8) is 0 Å². The third-order valence-corrected chi connectivity index (χ3v) is 4.51. The molecule has 0 heterocycles. The first-order valence-electron chi connectivity index (χ1n) is 10.9. The number of carboxylic acid groups (broad SMARTS) is 1. The molecule has 11 heteroatoms. The van der Waals surface area contributed by atoms with E-state index < -0.39 is 17.9 Å². The zero-order valence-corrected chi connectivity index (χ0v) is 18.9. The van der Waals surface area contributed by atoms with Gasteiger partial charge in [0.05, 0.1) is 19.8 Å². The third-order valence-electron chi connectivity index (χ3n) is 4.51. The van der Waals surface area contributed by atoms with E-state index in [1.807, 2.05) is 0 Å². The normalized spacial score (nSPS) is 11.4. The Hall–Kier alpha value is -3.18. The zero-order chi connectivity index (χ0) is 24.5. The van der Waals surface area contributed by atoms with Gasteiger partial charge in [-0.1, -0.05) is 6.92 Å². The number of carbonyl (C=O) groups is 4. The second-order valence-corrected chi connectivity index (χ2v) is 7.20. The van der Waals surface area contributed by atoms with Crippen molar-refractivity contribution in [1.82, 2.24) is 16.0 Å². The second kappa shape index (κ2) is 16.5. The van der Waals surface area contributed by atoms with Crippen molar-refractivity contribution in [2.75, 3.05) is 45.3 Å². The number of ether oxygens (including phenoxy) is 2. The number of rotatable bonds is 17. The summed E-state index contributed by atoms with van der Waals surface area (Å²) in [5.41, 5.74) is 6.65. The number of hydrogen-bond donors (Lipinski definition) is 5. The predicted molar refractivity (Wildman–Crippen MR) is 122 cm³/mol. The summed E-state index contributed by atoms with van der Waals surface area (Å²) < 4.78 is 10.4. The summed E-state index contributed by atoms with van der Waals surface area (Å²) in [5.74, 6) is -1.95. The zero-order valence-electron chi connectivity index (χ0n) is 18.9. The monoisotopic (exact) mass is 466 g/mol. The highest BCUT2D eigenvalue weighted by Gasteiger charge is 2.19. The van der Waals surface area contributed by atoms with Crippen LogP contribution in [0.2, 0.25) is 0 Å². The standard InChI is InChI=1S/C22H34N4O7/c1-2-19(27)24-11-12-32-13-14-33-15-20(28)26-18(22(30)31)5-3-4-10-25-21(29)16-6-8-17(23)9-7-16/h6-9,18H,2-5,10-15,23H2,1H3,(H,24,27)(H,25,29)(H,26,28)(H,30,31). The maximum atomic E-state index is 12.0. The van der Waals surface area contributed by atoms with Gasteiger partial charge < -0.3 is 36.3 Å². The fourth-order valence-electron chi connectivity index (χ4n) is 2.68. The molecule has 33 heavy (non-hydrogen) atoms. The second-order valence-electron chi connectivity index (χ2n) is 7.20. The van der Waals surface area contributed by atoms with Crippen LogP contribution in [0.1, 0.15) is 43.0 Å². The highest BCUT2D eigenvalue weighted by molar-refractivity contribution is 5.94. The molecule has 1 aromatic rings. The van der Waals surface area contributed by atoms with Gasteiger partial charge in [0.25, 0.3) is 5.91 Å². The van der Waals surface area contributed by atoms with Gasteiger partial charge >= 0.3 is 5.97 Å². The van der Waals surface area contributed by atoms with Crippen LogP contribution < -0.4 is 21.7 Å². The summed E-state index contributed by atoms with van der Waals surface area (Å²) >= 11 is 0. The van der Waals surface area contributed by atoms with Crippen molar-refractivity contribution < 1.29 is 33.8 Å². The number of carboxylic acids is 1. The van der Waals surface area contributed by atoms with Crippen molar-refractivity contribution in [2.45, 2.75) is 38.6 Å². The van der Waals surface area contributed by atoms with Crippen LogP contribution in [0.3, 0.4) is 0 Å². The molecule has 1 atom stereocenters. The van der Waals surface area contributed by atoms with E-state index in [-0.39, 0.29) is 38.1 Å². The molecule has 184 valence electrons. The van der Waals surface area contributed by atoms with Crippen LogP contribution in [0.4, 0.5) is 5.69 Å². The SMILES string of the molecule is CCC(=O)NCCOCCOCC(=O)NC(CCCCNC(=O)c1ccc(N)cc1)C(=O)O. The van der Waals surface area contributed by atoms with Crippen LogP contribution in [0.5, 0.6) is 0 Å². The Kier molecular flexibility index (Phi) is 13.9. The number of amides is 3. The van der Waals surface area contributed by atoms with Gasteiger partial charge in [-0.25, -0.2) is 4.79 Å². The number of nitrogens with one attached hydrogen (secondary N) is 3. The molecule has 0 aliphatic carbocycles. The number of hydrogen-bond acceptors (Lipinski definition) is 7. The van der Waals surface area contributed by atoms with Crippen LogP contribution in [-0.4, -0.2) is 74.4 Å². The minimum Gasteiger partial charge on any atom is -0.480 e. The molecule has 0 saturated heterocycles. The first kappa shape index (κ1) is 27.9. The maximum Gasteiger partial charge on any atom is 0.326 e. The lowest BCUT2D eigenvalue weighted by molar-refractivity contribution is -0.142. The molecule has 0 aromatic heterocycles. The average Bonchev–Trinajstić information content (AvgIpc) is 2.79. The summed E-state index contributed by atoms with van der Waals surface area (Å²) in [4.78, 5) is 46.3. The van der Waals surface area contributed by atoms with E-state index in [0.29, 0.717) is 50.2 Å². The maximum absolute atomic E-state index is 12.0. The number of benzene rings is 1. The number of carbonyl (C=O) groups excluding carboxylic acids is 3. The van der Waals surface area contributed by atoms with Gasteiger partial charge in [0, 0.05) is 30.8 Å². The van der Waals surface area contributed by atoms with E-state index in [1.165, 1.54) is 0 Å². The summed E-state index contributed by atoms with van der Waals surface area (Å²) in [7, 11) is 0. The molecule has 3 amide bonds. The van der Waals surface area contributed by atoms with Crippen molar-refractivity contribution in [3.8, 4) is 0 Å². The molecule has 0 aliphatic rings. The van der Waals surface area contributed by atoms with Gasteiger partial charge in [-0.3, -0.25) is 14.4 Å². The van der Waals surface area contributed by atoms with Crippen molar-refractivity contribution in [1.29, 1.82) is 0 Å². The predicted octanol–water partition coefficient (Wildman–Crippen LogP) is 0.298. The van der Waals surface area contributed by atoms with Crippen LogP contribution in [-0.2, 0) is 23.9 Å². The summed E-state index contributed by atoms with van der Waals surface area (Å²) in [6.45, 7) is 3.02. The molecule has 0 aliphatic heterocycles. The van der Waals surface area contributed by atoms with Gasteiger partial charge in [0.1, 0.15) is 12.6 Å². The number of nitrogens with two attached hydrogens (primary N) is 1. The Morgan fingerprint density at radius 2 is 1.64 bits per heavy atom. The Labute approximate surface area is 193 Å². The minimum atomic E-state index is -1.13. The van der Waals surface area contributed by atoms with E-state index >= 15 is 0 Å². The van der Waals surface area contributed by atoms with Crippen LogP contribution in [0.25, 0.3) is 0 Å². The highest BCUT2D eigenvalue weighted by Crippen LogP contribution is 2.06. The van der Waals surface area contributed by atoms with E-state index in [1.54, 1.807) is 31.2 Å². The molecule has 1 rings (SSSR count). The number of unbranched alkanes of at least 4 members (excludes halogenated alkanes) is 1. The first-order valence-corrected chi connectivity index (χ1v) is 10.9. The number of anilines is 1. The molecule has 0 saturated carbocycles. The molecule has 0 spiro atoms. The van der Waals surface area contributed by atoms with Gasteiger partial charge in [-0.05, 0) is 43.5 Å². The van der Waals surface area contributed by atoms with Gasteiger partial charge in [0.2, 0.25) is 11.8 Å². The van der Waals surface area contributed by atoms with Crippen LogP contribution in [0.15, 0.2) is 24.3 Å².